The molecule has 3 aromatic carbocycles. The zero-order valence-corrected chi connectivity index (χ0v) is 18.5. The largest absolute Gasteiger partial charge is 0.488 e. The fourth-order valence-electron chi connectivity index (χ4n) is 2.72. The van der Waals surface area contributed by atoms with Crippen LogP contribution in [-0.2, 0) is 16.2 Å². The average molecular weight is 491 g/mol. The van der Waals surface area contributed by atoms with Gasteiger partial charge >= 0.3 is 0 Å². The lowest BCUT2D eigenvalue weighted by atomic mass is 10.1. The normalized spacial score (nSPS) is 10.4. The van der Waals surface area contributed by atoms with Crippen LogP contribution in [0.25, 0.3) is 0 Å². The lowest BCUT2D eigenvalue weighted by Gasteiger charge is -2.10. The summed E-state index contributed by atoms with van der Waals surface area (Å²) in [7, 11) is 0. The van der Waals surface area contributed by atoms with E-state index in [0.717, 1.165) is 11.1 Å². The molecule has 0 radical (unpaired) electrons. The molecule has 0 unspecified atom stereocenters. The Bertz CT molecular complexity index is 1170. The number of nitrogens with zero attached hydrogens (tertiary/aromatic N) is 2. The van der Waals surface area contributed by atoms with Crippen molar-refractivity contribution in [2.75, 3.05) is 5.32 Å². The van der Waals surface area contributed by atoms with Crippen LogP contribution in [0.5, 0.6) is 5.75 Å². The zero-order chi connectivity index (χ0) is 22.8. The SMILES string of the molecule is N#Cc1ccccc1COc1ccc(C=NNC(=O)CC(=O)Nc2ccccc2)cc1Br. The standard InChI is InChI=1S/C24H19BrN4O3/c25-21-12-17(10-11-22(21)32-16-19-7-5-4-6-18(19)14-26)15-27-29-24(31)13-23(30)28-20-8-2-1-3-9-20/h1-12,15H,13,16H2,(H,28,30)(H,29,31). The van der Waals surface area contributed by atoms with Gasteiger partial charge in [-0.25, -0.2) is 5.43 Å². The van der Waals surface area contributed by atoms with Gasteiger partial charge in [0.2, 0.25) is 11.8 Å². The van der Waals surface area contributed by atoms with Gasteiger partial charge in [0, 0.05) is 11.3 Å². The number of hydrazone groups is 1. The Hall–Kier alpha value is -3.96. The lowest BCUT2D eigenvalue weighted by Crippen LogP contribution is -2.24. The van der Waals surface area contributed by atoms with Crippen molar-refractivity contribution in [3.8, 4) is 11.8 Å². The fourth-order valence-corrected chi connectivity index (χ4v) is 3.23. The number of carbonyl (C=O) groups is 2. The van der Waals surface area contributed by atoms with E-state index in [1.807, 2.05) is 18.2 Å². The van der Waals surface area contributed by atoms with Crippen LogP contribution in [0, 0.1) is 11.3 Å². The second-order valence-electron chi connectivity index (χ2n) is 6.63. The maximum absolute atomic E-state index is 11.9. The predicted molar refractivity (Wildman–Crippen MR) is 125 cm³/mol. The highest BCUT2D eigenvalue weighted by molar-refractivity contribution is 9.10. The van der Waals surface area contributed by atoms with Gasteiger partial charge in [0.15, 0.2) is 0 Å². The minimum Gasteiger partial charge on any atom is -0.488 e. The van der Waals surface area contributed by atoms with Crippen LogP contribution in [-0.4, -0.2) is 18.0 Å². The number of benzene rings is 3. The number of ether oxygens (including phenoxy) is 1. The van der Waals surface area contributed by atoms with Gasteiger partial charge < -0.3 is 10.1 Å². The van der Waals surface area contributed by atoms with Gasteiger partial charge in [-0.2, -0.15) is 10.4 Å². The molecule has 8 heteroatoms. The van der Waals surface area contributed by atoms with Gasteiger partial charge in [-0.15, -0.1) is 0 Å². The van der Waals surface area contributed by atoms with Gasteiger partial charge in [-0.05, 0) is 57.9 Å². The summed E-state index contributed by atoms with van der Waals surface area (Å²) in [5.41, 5.74) is 5.04. The van der Waals surface area contributed by atoms with Gasteiger partial charge in [-0.3, -0.25) is 9.59 Å². The molecule has 0 aliphatic carbocycles. The molecule has 0 fully saturated rings. The van der Waals surface area contributed by atoms with E-state index in [4.69, 9.17) is 10.00 Å². The van der Waals surface area contributed by atoms with E-state index in [1.54, 1.807) is 54.6 Å². The van der Waals surface area contributed by atoms with Crippen molar-refractivity contribution in [2.24, 2.45) is 5.10 Å². The van der Waals surface area contributed by atoms with E-state index in [2.05, 4.69) is 37.8 Å². The summed E-state index contributed by atoms with van der Waals surface area (Å²) < 4.78 is 6.50. The molecule has 3 aromatic rings. The van der Waals surface area contributed by atoms with Crippen LogP contribution in [0.2, 0.25) is 0 Å². The van der Waals surface area contributed by atoms with Crippen molar-refractivity contribution in [1.29, 1.82) is 5.26 Å². The van der Waals surface area contributed by atoms with Gasteiger partial charge in [-0.1, -0.05) is 36.4 Å². The Morgan fingerprint density at radius 2 is 1.78 bits per heavy atom. The molecule has 2 amide bonds. The van der Waals surface area contributed by atoms with E-state index >= 15 is 0 Å². The molecule has 0 spiro atoms. The van der Waals surface area contributed by atoms with Crippen molar-refractivity contribution in [2.45, 2.75) is 13.0 Å². The highest BCUT2D eigenvalue weighted by atomic mass is 79.9. The summed E-state index contributed by atoms with van der Waals surface area (Å²) in [6.07, 6.45) is 1.12. The molecular weight excluding hydrogens is 472 g/mol. The molecule has 0 aromatic heterocycles. The van der Waals surface area contributed by atoms with Crippen LogP contribution < -0.4 is 15.5 Å². The Balaban J connectivity index is 1.49. The number of para-hydroxylation sites is 1. The smallest absolute Gasteiger partial charge is 0.249 e. The zero-order valence-electron chi connectivity index (χ0n) is 16.9. The molecule has 0 aliphatic heterocycles. The molecule has 7 nitrogen and oxygen atoms in total. The number of nitriles is 1. The summed E-state index contributed by atoms with van der Waals surface area (Å²) in [4.78, 5) is 23.8. The average Bonchev–Trinajstić information content (AvgIpc) is 2.79. The highest BCUT2D eigenvalue weighted by Crippen LogP contribution is 2.26. The molecule has 0 heterocycles. The summed E-state index contributed by atoms with van der Waals surface area (Å²) in [5, 5.41) is 15.7. The predicted octanol–water partition coefficient (Wildman–Crippen LogP) is 4.38. The number of amides is 2. The molecule has 0 aliphatic rings. The van der Waals surface area contributed by atoms with Crippen molar-refractivity contribution in [3.05, 3.63) is 94.0 Å². The van der Waals surface area contributed by atoms with E-state index in [9.17, 15) is 9.59 Å². The second-order valence-corrected chi connectivity index (χ2v) is 7.49. The van der Waals surface area contributed by atoms with Crippen LogP contribution in [0.3, 0.4) is 0 Å². The second kappa shape index (κ2) is 11.4. The lowest BCUT2D eigenvalue weighted by molar-refractivity contribution is -0.126. The van der Waals surface area contributed by atoms with Crippen LogP contribution in [0.4, 0.5) is 5.69 Å². The number of anilines is 1. The number of nitrogens with one attached hydrogen (secondary N) is 2. The molecular formula is C24H19BrN4O3. The highest BCUT2D eigenvalue weighted by Gasteiger charge is 2.09. The number of hydrogen-bond acceptors (Lipinski definition) is 5. The minimum absolute atomic E-state index is 0.261. The van der Waals surface area contributed by atoms with Gasteiger partial charge in [0.1, 0.15) is 18.8 Å². The summed E-state index contributed by atoms with van der Waals surface area (Å²) in [6, 6.07) is 23.6. The van der Waals surface area contributed by atoms with Crippen LogP contribution in [0.1, 0.15) is 23.1 Å². The molecule has 2 N–H and O–H groups in total. The van der Waals surface area contributed by atoms with Crippen molar-refractivity contribution < 1.29 is 14.3 Å². The monoisotopic (exact) mass is 490 g/mol. The first-order chi connectivity index (χ1) is 15.5. The molecule has 160 valence electrons. The first-order valence-corrected chi connectivity index (χ1v) is 10.4. The maximum atomic E-state index is 11.9. The first kappa shape index (κ1) is 22.7. The Kier molecular flexibility index (Phi) is 8.12. The molecule has 0 atom stereocenters. The van der Waals surface area contributed by atoms with Crippen molar-refractivity contribution >= 4 is 39.6 Å². The van der Waals surface area contributed by atoms with E-state index in [-0.39, 0.29) is 13.0 Å². The topological polar surface area (TPSA) is 104 Å². The molecule has 0 saturated carbocycles. The Labute approximate surface area is 193 Å². The molecule has 0 bridgehead atoms. The van der Waals surface area contributed by atoms with E-state index < -0.39 is 11.8 Å². The minimum atomic E-state index is -0.523. The number of halogens is 1. The van der Waals surface area contributed by atoms with Crippen molar-refractivity contribution in [1.82, 2.24) is 5.43 Å². The van der Waals surface area contributed by atoms with E-state index in [1.165, 1.54) is 6.21 Å². The van der Waals surface area contributed by atoms with Gasteiger partial charge in [0.05, 0.1) is 22.3 Å². The van der Waals surface area contributed by atoms with Crippen molar-refractivity contribution in [3.63, 3.8) is 0 Å². The number of hydrogen-bond donors (Lipinski definition) is 2. The summed E-state index contributed by atoms with van der Waals surface area (Å²) in [5.74, 6) is -0.340. The fraction of sp³-hybridized carbons (Fsp3) is 0.0833. The van der Waals surface area contributed by atoms with Crippen LogP contribution >= 0.6 is 15.9 Å². The Morgan fingerprint density at radius 3 is 2.53 bits per heavy atom. The maximum Gasteiger partial charge on any atom is 0.249 e. The quantitative estimate of drug-likeness (QED) is 0.277. The molecule has 0 saturated heterocycles. The third kappa shape index (κ3) is 6.79. The third-order valence-electron chi connectivity index (χ3n) is 4.26. The summed E-state index contributed by atoms with van der Waals surface area (Å²) >= 11 is 3.45. The Morgan fingerprint density at radius 1 is 1.03 bits per heavy atom. The van der Waals surface area contributed by atoms with Crippen LogP contribution in [0.15, 0.2) is 82.4 Å². The number of rotatable bonds is 8. The molecule has 3 rings (SSSR count). The van der Waals surface area contributed by atoms with Gasteiger partial charge in [0.25, 0.3) is 0 Å². The third-order valence-corrected chi connectivity index (χ3v) is 4.88. The first-order valence-electron chi connectivity index (χ1n) is 9.62. The van der Waals surface area contributed by atoms with E-state index in [0.29, 0.717) is 21.5 Å². The molecule has 32 heavy (non-hydrogen) atoms. The summed E-state index contributed by atoms with van der Waals surface area (Å²) in [6.45, 7) is 0.261. The number of carbonyl (C=O) groups excluding carboxylic acids is 2.